The second-order valence-corrected chi connectivity index (χ2v) is 5.83. The molecule has 0 aliphatic rings. The van der Waals surface area contributed by atoms with Gasteiger partial charge in [0.15, 0.2) is 0 Å². The lowest BCUT2D eigenvalue weighted by atomic mass is 10.2. The fourth-order valence-corrected chi connectivity index (χ4v) is 2.64. The van der Waals surface area contributed by atoms with Crippen LogP contribution in [-0.4, -0.2) is 4.98 Å². The second-order valence-electron chi connectivity index (χ2n) is 4.51. The maximum Gasteiger partial charge on any atom is 0.0703 e. The second kappa shape index (κ2) is 5.81. The number of rotatable bonds is 3. The standard InChI is InChI=1S/C16H12BrClN2/c17-13-5-6-15(18)12(7-13)9-19-14-8-11-3-1-2-4-16(11)20-10-14/h1-8,10,19H,9H2. The first-order valence-corrected chi connectivity index (χ1v) is 7.42. The molecule has 0 amide bonds. The molecule has 0 aliphatic carbocycles. The predicted molar refractivity (Wildman–Crippen MR) is 88.2 cm³/mol. The number of para-hydroxylation sites is 1. The number of nitrogens with one attached hydrogen (secondary N) is 1. The average molecular weight is 348 g/mol. The highest BCUT2D eigenvalue weighted by molar-refractivity contribution is 9.10. The molecule has 0 fully saturated rings. The molecule has 100 valence electrons. The van der Waals surface area contributed by atoms with Crippen molar-refractivity contribution in [2.75, 3.05) is 5.32 Å². The molecule has 0 saturated carbocycles. The van der Waals surface area contributed by atoms with Gasteiger partial charge in [0.1, 0.15) is 0 Å². The van der Waals surface area contributed by atoms with Crippen LogP contribution in [0, 0.1) is 0 Å². The zero-order chi connectivity index (χ0) is 13.9. The van der Waals surface area contributed by atoms with Crippen LogP contribution in [0.15, 0.2) is 59.2 Å². The fourth-order valence-electron chi connectivity index (χ4n) is 2.04. The van der Waals surface area contributed by atoms with Crippen molar-refractivity contribution < 1.29 is 0 Å². The van der Waals surface area contributed by atoms with Gasteiger partial charge in [0, 0.05) is 21.4 Å². The Morgan fingerprint density at radius 1 is 1.10 bits per heavy atom. The summed E-state index contributed by atoms with van der Waals surface area (Å²) < 4.78 is 1.02. The molecule has 3 rings (SSSR count). The van der Waals surface area contributed by atoms with E-state index in [0.717, 1.165) is 31.6 Å². The molecule has 20 heavy (non-hydrogen) atoms. The number of hydrogen-bond acceptors (Lipinski definition) is 2. The van der Waals surface area contributed by atoms with Gasteiger partial charge in [0.2, 0.25) is 0 Å². The summed E-state index contributed by atoms with van der Waals surface area (Å²) in [6.07, 6.45) is 1.84. The van der Waals surface area contributed by atoms with E-state index in [0.29, 0.717) is 6.54 Å². The summed E-state index contributed by atoms with van der Waals surface area (Å²) in [4.78, 5) is 4.43. The number of nitrogens with zero attached hydrogens (tertiary/aromatic N) is 1. The van der Waals surface area contributed by atoms with Crippen LogP contribution in [0.3, 0.4) is 0 Å². The molecule has 2 aromatic carbocycles. The normalized spacial score (nSPS) is 10.7. The number of aromatic nitrogens is 1. The van der Waals surface area contributed by atoms with Gasteiger partial charge in [0.25, 0.3) is 0 Å². The van der Waals surface area contributed by atoms with E-state index < -0.39 is 0 Å². The van der Waals surface area contributed by atoms with Gasteiger partial charge < -0.3 is 5.32 Å². The number of pyridine rings is 1. The Hall–Kier alpha value is -1.58. The Bertz CT molecular complexity index is 758. The van der Waals surface area contributed by atoms with Gasteiger partial charge in [-0.25, -0.2) is 0 Å². The molecule has 0 spiro atoms. The van der Waals surface area contributed by atoms with Gasteiger partial charge in [-0.15, -0.1) is 0 Å². The third-order valence-corrected chi connectivity index (χ3v) is 3.94. The SMILES string of the molecule is Clc1ccc(Br)cc1CNc1cnc2ccccc2c1. The minimum atomic E-state index is 0.665. The summed E-state index contributed by atoms with van der Waals surface area (Å²) in [5, 5.41) is 5.24. The number of halogens is 2. The van der Waals surface area contributed by atoms with Gasteiger partial charge in [-0.1, -0.05) is 45.7 Å². The smallest absolute Gasteiger partial charge is 0.0703 e. The van der Waals surface area contributed by atoms with Crippen molar-refractivity contribution in [1.82, 2.24) is 4.98 Å². The van der Waals surface area contributed by atoms with E-state index in [1.54, 1.807) is 0 Å². The molecule has 0 atom stereocenters. The molecule has 3 aromatic rings. The summed E-state index contributed by atoms with van der Waals surface area (Å²) in [5.41, 5.74) is 3.03. The monoisotopic (exact) mass is 346 g/mol. The van der Waals surface area contributed by atoms with Gasteiger partial charge in [-0.2, -0.15) is 0 Å². The van der Waals surface area contributed by atoms with Crippen LogP contribution in [0.25, 0.3) is 10.9 Å². The zero-order valence-corrected chi connectivity index (χ0v) is 12.9. The summed E-state index contributed by atoms with van der Waals surface area (Å²) in [5.74, 6) is 0. The topological polar surface area (TPSA) is 24.9 Å². The fraction of sp³-hybridized carbons (Fsp3) is 0.0625. The van der Waals surface area contributed by atoms with Crippen LogP contribution in [-0.2, 0) is 6.54 Å². The van der Waals surface area contributed by atoms with E-state index in [9.17, 15) is 0 Å². The average Bonchev–Trinajstić information content (AvgIpc) is 2.48. The van der Waals surface area contributed by atoms with Gasteiger partial charge in [-0.3, -0.25) is 4.98 Å². The van der Waals surface area contributed by atoms with E-state index in [-0.39, 0.29) is 0 Å². The van der Waals surface area contributed by atoms with E-state index in [1.807, 2.05) is 42.6 Å². The Kier molecular flexibility index (Phi) is 3.90. The van der Waals surface area contributed by atoms with Crippen LogP contribution in [0.5, 0.6) is 0 Å². The Balaban J connectivity index is 1.81. The summed E-state index contributed by atoms with van der Waals surface area (Å²) >= 11 is 9.64. The Labute approximate surface area is 130 Å². The molecule has 0 bridgehead atoms. The quantitative estimate of drug-likeness (QED) is 0.699. The third kappa shape index (κ3) is 2.94. The maximum absolute atomic E-state index is 6.18. The van der Waals surface area contributed by atoms with Crippen LogP contribution in [0.2, 0.25) is 5.02 Å². The predicted octanol–water partition coefficient (Wildman–Crippen LogP) is 5.26. The molecule has 0 aliphatic heterocycles. The highest BCUT2D eigenvalue weighted by Crippen LogP contribution is 2.22. The molecule has 1 aromatic heterocycles. The van der Waals surface area contributed by atoms with Crippen LogP contribution in [0.1, 0.15) is 5.56 Å². The maximum atomic E-state index is 6.18. The van der Waals surface area contributed by atoms with E-state index >= 15 is 0 Å². The lowest BCUT2D eigenvalue weighted by Crippen LogP contribution is -2.00. The molecule has 1 N–H and O–H groups in total. The van der Waals surface area contributed by atoms with Crippen LogP contribution in [0.4, 0.5) is 5.69 Å². The zero-order valence-electron chi connectivity index (χ0n) is 10.6. The van der Waals surface area contributed by atoms with E-state index in [4.69, 9.17) is 11.6 Å². The first-order valence-electron chi connectivity index (χ1n) is 6.25. The van der Waals surface area contributed by atoms with Crippen molar-refractivity contribution in [3.63, 3.8) is 0 Å². The number of fused-ring (bicyclic) bond motifs is 1. The van der Waals surface area contributed by atoms with E-state index in [1.165, 1.54) is 0 Å². The van der Waals surface area contributed by atoms with Gasteiger partial charge in [0.05, 0.1) is 17.4 Å². The molecule has 0 unspecified atom stereocenters. The first-order chi connectivity index (χ1) is 9.72. The van der Waals surface area contributed by atoms with Gasteiger partial charge in [-0.05, 0) is 35.9 Å². The van der Waals surface area contributed by atoms with Crippen molar-refractivity contribution >= 4 is 44.1 Å². The molecular formula is C16H12BrClN2. The molecule has 4 heteroatoms. The third-order valence-electron chi connectivity index (χ3n) is 3.08. The van der Waals surface area contributed by atoms with Crippen molar-refractivity contribution in [2.45, 2.75) is 6.54 Å². The molecule has 1 heterocycles. The van der Waals surface area contributed by atoms with E-state index in [2.05, 4.69) is 38.4 Å². The van der Waals surface area contributed by atoms with Crippen LogP contribution >= 0.6 is 27.5 Å². The lowest BCUT2D eigenvalue weighted by Gasteiger charge is -2.09. The summed E-state index contributed by atoms with van der Waals surface area (Å²) in [6.45, 7) is 0.665. The summed E-state index contributed by atoms with van der Waals surface area (Å²) in [7, 11) is 0. The number of anilines is 1. The number of hydrogen-bond donors (Lipinski definition) is 1. The molecule has 2 nitrogen and oxygen atoms in total. The van der Waals surface area contributed by atoms with Crippen LogP contribution < -0.4 is 5.32 Å². The first kappa shape index (κ1) is 13.4. The van der Waals surface area contributed by atoms with Crippen molar-refractivity contribution in [2.24, 2.45) is 0 Å². The Morgan fingerprint density at radius 3 is 2.85 bits per heavy atom. The number of benzene rings is 2. The largest absolute Gasteiger partial charge is 0.380 e. The highest BCUT2D eigenvalue weighted by atomic mass is 79.9. The lowest BCUT2D eigenvalue weighted by molar-refractivity contribution is 1.14. The minimum Gasteiger partial charge on any atom is -0.380 e. The van der Waals surface area contributed by atoms with Gasteiger partial charge >= 0.3 is 0 Å². The van der Waals surface area contributed by atoms with Crippen molar-refractivity contribution in [1.29, 1.82) is 0 Å². The minimum absolute atomic E-state index is 0.665. The molecule has 0 saturated heterocycles. The van der Waals surface area contributed by atoms with Crippen molar-refractivity contribution in [3.8, 4) is 0 Å². The highest BCUT2D eigenvalue weighted by Gasteiger charge is 2.02. The summed E-state index contributed by atoms with van der Waals surface area (Å²) in [6, 6.07) is 16.0. The van der Waals surface area contributed by atoms with Crippen molar-refractivity contribution in [3.05, 3.63) is 69.8 Å². The molecule has 0 radical (unpaired) electrons. The Morgan fingerprint density at radius 2 is 1.95 bits per heavy atom. The molecular weight excluding hydrogens is 336 g/mol.